The molecule has 0 aliphatic carbocycles. The van der Waals surface area contributed by atoms with Gasteiger partial charge in [0.15, 0.2) is 0 Å². The third kappa shape index (κ3) is 4.49. The minimum Gasteiger partial charge on any atom is -0.444 e. The summed E-state index contributed by atoms with van der Waals surface area (Å²) < 4.78 is 5.04. The molecule has 1 N–H and O–H groups in total. The molecule has 0 saturated carbocycles. The van der Waals surface area contributed by atoms with E-state index in [0.29, 0.717) is 6.54 Å². The van der Waals surface area contributed by atoms with Crippen molar-refractivity contribution >= 4 is 6.09 Å². The van der Waals surface area contributed by atoms with Crippen molar-refractivity contribution in [2.45, 2.75) is 58.0 Å². The predicted octanol–water partition coefficient (Wildman–Crippen LogP) is 2.85. The van der Waals surface area contributed by atoms with Crippen LogP contribution in [0.1, 0.15) is 51.9 Å². The first-order chi connectivity index (χ1) is 6.83. The Balaban J connectivity index is 1.86. The smallest absolute Gasteiger partial charge is 0.407 e. The van der Waals surface area contributed by atoms with E-state index in [-0.39, 0.29) is 12.2 Å². The van der Waals surface area contributed by atoms with Crippen LogP contribution in [0.4, 0.5) is 4.79 Å². The van der Waals surface area contributed by atoms with Crippen LogP contribution in [0.5, 0.6) is 0 Å². The van der Waals surface area contributed by atoms with Crippen LogP contribution in [-0.2, 0) is 4.74 Å². The van der Waals surface area contributed by atoms with Crippen LogP contribution in [0.3, 0.4) is 0 Å². The highest BCUT2D eigenvalue weighted by Gasteiger charge is 2.21. The van der Waals surface area contributed by atoms with Crippen molar-refractivity contribution in [3.05, 3.63) is 0 Å². The Bertz CT molecular complexity index is 171. The van der Waals surface area contributed by atoms with Gasteiger partial charge >= 0.3 is 6.09 Å². The molecular formula is C11H21NO2. The highest BCUT2D eigenvalue weighted by molar-refractivity contribution is 5.69. The fourth-order valence-electron chi connectivity index (χ4n) is 1.75. The molecule has 0 aromatic heterocycles. The maximum atomic E-state index is 10.7. The number of carbonyl (C=O) groups excluding carboxylic acids is 1. The maximum Gasteiger partial charge on any atom is 0.407 e. The zero-order chi connectivity index (χ0) is 10.2. The second-order valence-electron chi connectivity index (χ2n) is 3.96. The third-order valence-corrected chi connectivity index (χ3v) is 2.63. The predicted molar refractivity (Wildman–Crippen MR) is 56.3 cm³/mol. The number of carbonyl (C=O) groups is 1. The summed E-state index contributed by atoms with van der Waals surface area (Å²) in [5.41, 5.74) is 0. The summed E-state index contributed by atoms with van der Waals surface area (Å²) in [6, 6.07) is 0. The number of cyclic esters (lactones) is 1. The molecule has 1 atom stereocenters. The lowest BCUT2D eigenvalue weighted by molar-refractivity contribution is 0.134. The number of nitrogens with one attached hydrogen (secondary N) is 1. The Morgan fingerprint density at radius 1 is 1.29 bits per heavy atom. The molecule has 1 heterocycles. The zero-order valence-electron chi connectivity index (χ0n) is 9.05. The van der Waals surface area contributed by atoms with Crippen LogP contribution in [0.25, 0.3) is 0 Å². The summed E-state index contributed by atoms with van der Waals surface area (Å²) in [6.07, 6.45) is 8.67. The summed E-state index contributed by atoms with van der Waals surface area (Å²) >= 11 is 0. The average Bonchev–Trinajstić information content (AvgIpc) is 2.58. The number of amides is 1. The van der Waals surface area contributed by atoms with Crippen molar-refractivity contribution < 1.29 is 9.53 Å². The third-order valence-electron chi connectivity index (χ3n) is 2.63. The molecule has 0 spiro atoms. The molecule has 3 nitrogen and oxygen atoms in total. The molecule has 14 heavy (non-hydrogen) atoms. The average molecular weight is 199 g/mol. The molecular weight excluding hydrogens is 178 g/mol. The van der Waals surface area contributed by atoms with Gasteiger partial charge < -0.3 is 10.1 Å². The summed E-state index contributed by atoms with van der Waals surface area (Å²) in [7, 11) is 0. The molecule has 0 aromatic rings. The molecule has 0 aromatic carbocycles. The van der Waals surface area contributed by atoms with Crippen LogP contribution in [-0.4, -0.2) is 18.7 Å². The van der Waals surface area contributed by atoms with E-state index in [4.69, 9.17) is 4.74 Å². The van der Waals surface area contributed by atoms with Gasteiger partial charge in [0, 0.05) is 0 Å². The van der Waals surface area contributed by atoms with E-state index in [2.05, 4.69) is 12.2 Å². The van der Waals surface area contributed by atoms with Crippen molar-refractivity contribution in [2.24, 2.45) is 0 Å². The monoisotopic (exact) mass is 199 g/mol. The number of rotatable bonds is 7. The summed E-state index contributed by atoms with van der Waals surface area (Å²) in [5.74, 6) is 0. The molecule has 1 saturated heterocycles. The lowest BCUT2D eigenvalue weighted by Gasteiger charge is -2.06. The van der Waals surface area contributed by atoms with E-state index in [1.165, 1.54) is 38.5 Å². The summed E-state index contributed by atoms with van der Waals surface area (Å²) in [6.45, 7) is 2.93. The molecule has 0 radical (unpaired) electrons. The van der Waals surface area contributed by atoms with Crippen molar-refractivity contribution in [3.63, 3.8) is 0 Å². The quantitative estimate of drug-likeness (QED) is 0.640. The SMILES string of the molecule is CCCCCCCCC1CNC(=O)O1. The number of hydrogen-bond donors (Lipinski definition) is 1. The fraction of sp³-hybridized carbons (Fsp3) is 0.909. The number of hydrogen-bond acceptors (Lipinski definition) is 2. The van der Waals surface area contributed by atoms with Gasteiger partial charge in [-0.25, -0.2) is 4.79 Å². The molecule has 0 bridgehead atoms. The standard InChI is InChI=1S/C11H21NO2/c1-2-3-4-5-6-7-8-10-9-12-11(13)14-10/h10H,2-9H2,1H3,(H,12,13). The van der Waals surface area contributed by atoms with Crippen LogP contribution < -0.4 is 5.32 Å². The number of ether oxygens (including phenoxy) is 1. The van der Waals surface area contributed by atoms with E-state index >= 15 is 0 Å². The van der Waals surface area contributed by atoms with Gasteiger partial charge in [0.25, 0.3) is 0 Å². The van der Waals surface area contributed by atoms with E-state index in [0.717, 1.165) is 6.42 Å². The fourth-order valence-corrected chi connectivity index (χ4v) is 1.75. The normalized spacial score (nSPS) is 20.6. The minimum atomic E-state index is -0.249. The van der Waals surface area contributed by atoms with Gasteiger partial charge in [-0.15, -0.1) is 0 Å². The van der Waals surface area contributed by atoms with Crippen LogP contribution >= 0.6 is 0 Å². The van der Waals surface area contributed by atoms with Gasteiger partial charge in [-0.05, 0) is 12.8 Å². The van der Waals surface area contributed by atoms with Crippen molar-refractivity contribution in [3.8, 4) is 0 Å². The number of unbranched alkanes of at least 4 members (excludes halogenated alkanes) is 5. The largest absolute Gasteiger partial charge is 0.444 e. The van der Waals surface area contributed by atoms with E-state index < -0.39 is 0 Å². The minimum absolute atomic E-state index is 0.133. The lowest BCUT2D eigenvalue weighted by atomic mass is 10.1. The Kier molecular flexibility index (Phi) is 5.42. The van der Waals surface area contributed by atoms with Crippen molar-refractivity contribution in [2.75, 3.05) is 6.54 Å². The zero-order valence-corrected chi connectivity index (χ0v) is 9.05. The first kappa shape index (κ1) is 11.3. The van der Waals surface area contributed by atoms with E-state index in [1.54, 1.807) is 0 Å². The molecule has 1 unspecified atom stereocenters. The molecule has 1 aliphatic heterocycles. The molecule has 1 amide bonds. The van der Waals surface area contributed by atoms with Gasteiger partial charge in [-0.1, -0.05) is 39.0 Å². The highest BCUT2D eigenvalue weighted by atomic mass is 16.6. The van der Waals surface area contributed by atoms with Gasteiger partial charge in [-0.2, -0.15) is 0 Å². The van der Waals surface area contributed by atoms with Gasteiger partial charge in [0.1, 0.15) is 6.10 Å². The van der Waals surface area contributed by atoms with Gasteiger partial charge in [-0.3, -0.25) is 0 Å². The lowest BCUT2D eigenvalue weighted by Crippen LogP contribution is -2.14. The highest BCUT2D eigenvalue weighted by Crippen LogP contribution is 2.12. The second kappa shape index (κ2) is 6.68. The van der Waals surface area contributed by atoms with E-state index in [1.807, 2.05) is 0 Å². The second-order valence-corrected chi connectivity index (χ2v) is 3.96. The van der Waals surface area contributed by atoms with Crippen LogP contribution in [0.2, 0.25) is 0 Å². The summed E-state index contributed by atoms with van der Waals surface area (Å²) in [5, 5.41) is 2.67. The maximum absolute atomic E-state index is 10.7. The molecule has 1 fully saturated rings. The van der Waals surface area contributed by atoms with Crippen molar-refractivity contribution in [1.29, 1.82) is 0 Å². The molecule has 3 heteroatoms. The Hall–Kier alpha value is -0.730. The van der Waals surface area contributed by atoms with Crippen LogP contribution in [0, 0.1) is 0 Å². The van der Waals surface area contributed by atoms with E-state index in [9.17, 15) is 4.79 Å². The van der Waals surface area contributed by atoms with Crippen LogP contribution in [0.15, 0.2) is 0 Å². The first-order valence-corrected chi connectivity index (χ1v) is 5.77. The Labute approximate surface area is 86.2 Å². The molecule has 82 valence electrons. The summed E-state index contributed by atoms with van der Waals surface area (Å²) in [4.78, 5) is 10.7. The molecule has 1 rings (SSSR count). The molecule has 1 aliphatic rings. The first-order valence-electron chi connectivity index (χ1n) is 5.77. The number of alkyl carbamates (subject to hydrolysis) is 1. The Morgan fingerprint density at radius 3 is 2.64 bits per heavy atom. The van der Waals surface area contributed by atoms with Crippen molar-refractivity contribution in [1.82, 2.24) is 5.32 Å². The van der Waals surface area contributed by atoms with Gasteiger partial charge in [0.05, 0.1) is 6.54 Å². The Morgan fingerprint density at radius 2 is 2.00 bits per heavy atom. The topological polar surface area (TPSA) is 38.3 Å². The van der Waals surface area contributed by atoms with Gasteiger partial charge in [0.2, 0.25) is 0 Å².